The molecule has 0 aliphatic carbocycles. The highest BCUT2D eigenvalue weighted by molar-refractivity contribution is 6.00. The van der Waals surface area contributed by atoms with Gasteiger partial charge in [0.05, 0.1) is 12.3 Å². The smallest absolute Gasteiger partial charge is 0.265 e. The van der Waals surface area contributed by atoms with Crippen molar-refractivity contribution < 1.29 is 23.8 Å². The maximum absolute atomic E-state index is 12.2. The Balaban J connectivity index is 1.61. The first-order valence-electron chi connectivity index (χ1n) is 8.94. The van der Waals surface area contributed by atoms with E-state index in [0.29, 0.717) is 36.0 Å². The summed E-state index contributed by atoms with van der Waals surface area (Å²) < 4.78 is 16.3. The molecule has 0 bridgehead atoms. The van der Waals surface area contributed by atoms with E-state index in [9.17, 15) is 9.59 Å². The number of anilines is 2. The van der Waals surface area contributed by atoms with Crippen molar-refractivity contribution in [2.24, 2.45) is 0 Å². The maximum Gasteiger partial charge on any atom is 0.265 e. The minimum absolute atomic E-state index is 0.0114. The molecule has 0 aromatic heterocycles. The number of nitrogens with zero attached hydrogens (tertiary/aromatic N) is 1. The number of hydrogen-bond acceptors (Lipinski definition) is 5. The largest absolute Gasteiger partial charge is 0.494 e. The number of fused-ring (bicyclic) bond motifs is 1. The standard InChI is InChI=1S/C21H22N2O5/c1-3-11-23-18-12-15(5-10-19(18)28-14-21(23)25)22-20(24)13-27-17-8-6-16(7-9-17)26-4-2/h3,5-10,12H,1,4,11,13-14H2,2H3,(H,22,24). The van der Waals surface area contributed by atoms with Crippen molar-refractivity contribution in [3.05, 3.63) is 55.1 Å². The van der Waals surface area contributed by atoms with Crippen molar-refractivity contribution >= 4 is 23.2 Å². The molecule has 0 spiro atoms. The van der Waals surface area contributed by atoms with Crippen LogP contribution in [0.15, 0.2) is 55.1 Å². The van der Waals surface area contributed by atoms with E-state index in [1.807, 2.05) is 6.92 Å². The average Bonchev–Trinajstić information content (AvgIpc) is 2.70. The Bertz CT molecular complexity index is 864. The number of hydrogen-bond donors (Lipinski definition) is 1. The van der Waals surface area contributed by atoms with Gasteiger partial charge in [-0.25, -0.2) is 0 Å². The van der Waals surface area contributed by atoms with Crippen LogP contribution >= 0.6 is 0 Å². The van der Waals surface area contributed by atoms with Crippen LogP contribution in [0.2, 0.25) is 0 Å². The van der Waals surface area contributed by atoms with Crippen LogP contribution in [0.4, 0.5) is 11.4 Å². The predicted molar refractivity (Wildman–Crippen MR) is 106 cm³/mol. The molecule has 0 saturated carbocycles. The number of ether oxygens (including phenoxy) is 3. The molecule has 7 heteroatoms. The lowest BCUT2D eigenvalue weighted by atomic mass is 10.2. The molecule has 28 heavy (non-hydrogen) atoms. The van der Waals surface area contributed by atoms with Crippen molar-refractivity contribution in [1.82, 2.24) is 0 Å². The first-order chi connectivity index (χ1) is 13.6. The normalized spacial score (nSPS) is 12.6. The Morgan fingerprint density at radius 1 is 1.21 bits per heavy atom. The van der Waals surface area contributed by atoms with Crippen LogP contribution in [0, 0.1) is 0 Å². The molecule has 2 aromatic rings. The molecular weight excluding hydrogens is 360 g/mol. The Labute approximate surface area is 163 Å². The van der Waals surface area contributed by atoms with E-state index in [-0.39, 0.29) is 25.0 Å². The molecule has 2 amide bonds. The van der Waals surface area contributed by atoms with Gasteiger partial charge in [0.2, 0.25) is 0 Å². The van der Waals surface area contributed by atoms with Gasteiger partial charge in [0.25, 0.3) is 11.8 Å². The first-order valence-corrected chi connectivity index (χ1v) is 8.94. The molecule has 7 nitrogen and oxygen atoms in total. The Hall–Kier alpha value is -3.48. The van der Waals surface area contributed by atoms with E-state index in [0.717, 1.165) is 5.75 Å². The third-order valence-electron chi connectivity index (χ3n) is 4.00. The fraction of sp³-hybridized carbons (Fsp3) is 0.238. The lowest BCUT2D eigenvalue weighted by molar-refractivity contribution is -0.121. The molecule has 0 unspecified atom stereocenters. The van der Waals surface area contributed by atoms with E-state index in [2.05, 4.69) is 11.9 Å². The van der Waals surface area contributed by atoms with Crippen molar-refractivity contribution in [1.29, 1.82) is 0 Å². The first kappa shape index (κ1) is 19.3. The highest BCUT2D eigenvalue weighted by Gasteiger charge is 2.25. The van der Waals surface area contributed by atoms with E-state index in [1.165, 1.54) is 0 Å². The summed E-state index contributed by atoms with van der Waals surface area (Å²) in [5.41, 5.74) is 1.15. The lowest BCUT2D eigenvalue weighted by Gasteiger charge is -2.28. The van der Waals surface area contributed by atoms with Crippen molar-refractivity contribution in [3.63, 3.8) is 0 Å². The van der Waals surface area contributed by atoms with Crippen molar-refractivity contribution in [3.8, 4) is 17.2 Å². The van der Waals surface area contributed by atoms with Crippen LogP contribution in [-0.2, 0) is 9.59 Å². The second-order valence-corrected chi connectivity index (χ2v) is 6.01. The second-order valence-electron chi connectivity index (χ2n) is 6.01. The molecule has 1 aliphatic rings. The van der Waals surface area contributed by atoms with Crippen LogP contribution < -0.4 is 24.4 Å². The highest BCUT2D eigenvalue weighted by atomic mass is 16.5. The molecule has 0 radical (unpaired) electrons. The number of carbonyl (C=O) groups excluding carboxylic acids is 2. The van der Waals surface area contributed by atoms with Crippen LogP contribution in [0.1, 0.15) is 6.92 Å². The van der Waals surface area contributed by atoms with E-state index in [1.54, 1.807) is 53.4 Å². The summed E-state index contributed by atoms with van der Waals surface area (Å²) in [5.74, 6) is 1.43. The molecule has 1 heterocycles. The summed E-state index contributed by atoms with van der Waals surface area (Å²) in [6.45, 7) is 6.39. The van der Waals surface area contributed by atoms with Gasteiger partial charge >= 0.3 is 0 Å². The topological polar surface area (TPSA) is 77.1 Å². The van der Waals surface area contributed by atoms with Gasteiger partial charge < -0.3 is 24.4 Å². The second kappa shape index (κ2) is 8.94. The maximum atomic E-state index is 12.2. The fourth-order valence-electron chi connectivity index (χ4n) is 2.75. The summed E-state index contributed by atoms with van der Waals surface area (Å²) in [6, 6.07) is 12.2. The fourth-order valence-corrected chi connectivity index (χ4v) is 2.75. The molecule has 2 aromatic carbocycles. The molecule has 0 fully saturated rings. The number of rotatable bonds is 8. The number of amides is 2. The molecule has 3 rings (SSSR count). The molecule has 146 valence electrons. The third kappa shape index (κ3) is 4.62. The summed E-state index contributed by atoms with van der Waals surface area (Å²) in [4.78, 5) is 25.8. The third-order valence-corrected chi connectivity index (χ3v) is 4.00. The van der Waals surface area contributed by atoms with Gasteiger partial charge in [-0.3, -0.25) is 9.59 Å². The van der Waals surface area contributed by atoms with E-state index in [4.69, 9.17) is 14.2 Å². The highest BCUT2D eigenvalue weighted by Crippen LogP contribution is 2.34. The Kier molecular flexibility index (Phi) is 6.16. The number of nitrogens with one attached hydrogen (secondary N) is 1. The van der Waals surface area contributed by atoms with Crippen molar-refractivity contribution in [2.45, 2.75) is 6.92 Å². The van der Waals surface area contributed by atoms with E-state index < -0.39 is 0 Å². The average molecular weight is 382 g/mol. The summed E-state index contributed by atoms with van der Waals surface area (Å²) >= 11 is 0. The zero-order valence-corrected chi connectivity index (χ0v) is 15.6. The predicted octanol–water partition coefficient (Wildman–Crippen LogP) is 3.01. The zero-order valence-electron chi connectivity index (χ0n) is 15.6. The minimum Gasteiger partial charge on any atom is -0.494 e. The van der Waals surface area contributed by atoms with Gasteiger partial charge in [0.15, 0.2) is 13.2 Å². The van der Waals surface area contributed by atoms with Crippen LogP contribution in [0.5, 0.6) is 17.2 Å². The van der Waals surface area contributed by atoms with Crippen LogP contribution in [-0.4, -0.2) is 38.2 Å². The van der Waals surface area contributed by atoms with Crippen LogP contribution in [0.3, 0.4) is 0 Å². The molecular formula is C21H22N2O5. The monoisotopic (exact) mass is 382 g/mol. The van der Waals surface area contributed by atoms with Gasteiger partial charge in [-0.05, 0) is 49.4 Å². The minimum atomic E-state index is -0.313. The van der Waals surface area contributed by atoms with Gasteiger partial charge in [-0.15, -0.1) is 6.58 Å². The zero-order chi connectivity index (χ0) is 19.9. The quantitative estimate of drug-likeness (QED) is 0.710. The number of carbonyl (C=O) groups is 2. The molecule has 1 aliphatic heterocycles. The summed E-state index contributed by atoms with van der Waals surface area (Å²) in [7, 11) is 0. The van der Waals surface area contributed by atoms with Gasteiger partial charge in [-0.1, -0.05) is 6.08 Å². The summed E-state index contributed by atoms with van der Waals surface area (Å²) in [5, 5.41) is 2.76. The van der Waals surface area contributed by atoms with Gasteiger partial charge in [0, 0.05) is 12.2 Å². The Morgan fingerprint density at radius 2 is 1.93 bits per heavy atom. The van der Waals surface area contributed by atoms with Gasteiger partial charge in [0.1, 0.15) is 17.2 Å². The number of benzene rings is 2. The Morgan fingerprint density at radius 3 is 2.61 bits per heavy atom. The molecule has 0 atom stereocenters. The van der Waals surface area contributed by atoms with E-state index >= 15 is 0 Å². The lowest BCUT2D eigenvalue weighted by Crippen LogP contribution is -2.38. The van der Waals surface area contributed by atoms with Crippen molar-refractivity contribution in [2.75, 3.05) is 36.6 Å². The van der Waals surface area contributed by atoms with Crippen LogP contribution in [0.25, 0.3) is 0 Å². The van der Waals surface area contributed by atoms with Gasteiger partial charge in [-0.2, -0.15) is 0 Å². The molecule has 1 N–H and O–H groups in total. The summed E-state index contributed by atoms with van der Waals surface area (Å²) in [6.07, 6.45) is 1.64. The molecule has 0 saturated heterocycles. The SMILES string of the molecule is C=CCN1C(=O)COc2ccc(NC(=O)COc3ccc(OCC)cc3)cc21.